The molecule has 0 atom stereocenters. The van der Waals surface area contributed by atoms with Gasteiger partial charge < -0.3 is 5.32 Å². The molecule has 0 aromatic heterocycles. The second-order valence-electron chi connectivity index (χ2n) is 4.08. The maximum absolute atomic E-state index is 13.5. The molecule has 2 rings (SSSR count). The fourth-order valence-electron chi connectivity index (χ4n) is 1.64. The number of aryl methyl sites for hydroxylation is 1. The lowest BCUT2D eigenvalue weighted by atomic mass is 10.1. The van der Waals surface area contributed by atoms with Gasteiger partial charge in [0.1, 0.15) is 11.6 Å². The Morgan fingerprint density at radius 1 is 1.16 bits per heavy atom. The van der Waals surface area contributed by atoms with Crippen LogP contribution in [-0.2, 0) is 0 Å². The highest BCUT2D eigenvalue weighted by molar-refractivity contribution is 7.80. The van der Waals surface area contributed by atoms with Gasteiger partial charge in [-0.15, -0.1) is 12.6 Å². The van der Waals surface area contributed by atoms with Crippen molar-refractivity contribution in [1.29, 1.82) is 0 Å². The number of hydrogen-bond acceptors (Lipinski definition) is 2. The molecule has 2 aromatic rings. The van der Waals surface area contributed by atoms with Gasteiger partial charge in [0.2, 0.25) is 0 Å². The number of amides is 1. The van der Waals surface area contributed by atoms with Crippen LogP contribution < -0.4 is 5.32 Å². The average Bonchev–Trinajstić information content (AvgIpc) is 2.35. The van der Waals surface area contributed by atoms with Gasteiger partial charge in [-0.3, -0.25) is 4.79 Å². The van der Waals surface area contributed by atoms with Crippen LogP contribution in [0.2, 0.25) is 0 Å². The van der Waals surface area contributed by atoms with E-state index >= 15 is 0 Å². The molecule has 1 N–H and O–H groups in total. The highest BCUT2D eigenvalue weighted by Crippen LogP contribution is 2.19. The van der Waals surface area contributed by atoms with Gasteiger partial charge in [0, 0.05) is 10.6 Å². The lowest BCUT2D eigenvalue weighted by Gasteiger charge is -2.09. The SMILES string of the molecule is Cc1cc(F)ccc1NC(=O)c1cc(S)ccc1F. The number of rotatable bonds is 2. The third kappa shape index (κ3) is 3.12. The molecular formula is C14H11F2NOS. The van der Waals surface area contributed by atoms with Gasteiger partial charge >= 0.3 is 0 Å². The van der Waals surface area contributed by atoms with Crippen LogP contribution in [0.5, 0.6) is 0 Å². The Morgan fingerprint density at radius 2 is 1.89 bits per heavy atom. The second kappa shape index (κ2) is 5.40. The van der Waals surface area contributed by atoms with Crippen molar-refractivity contribution >= 4 is 24.2 Å². The number of benzene rings is 2. The Morgan fingerprint density at radius 3 is 2.58 bits per heavy atom. The summed E-state index contributed by atoms with van der Waals surface area (Å²) < 4.78 is 26.5. The van der Waals surface area contributed by atoms with E-state index in [0.717, 1.165) is 0 Å². The smallest absolute Gasteiger partial charge is 0.258 e. The molecule has 1 amide bonds. The van der Waals surface area contributed by atoms with E-state index in [2.05, 4.69) is 17.9 Å². The van der Waals surface area contributed by atoms with Gasteiger partial charge in [0.25, 0.3) is 5.91 Å². The second-order valence-corrected chi connectivity index (χ2v) is 4.59. The minimum absolute atomic E-state index is 0.101. The standard InChI is InChI=1S/C14H11F2NOS/c1-8-6-9(15)2-5-13(8)17-14(18)11-7-10(19)3-4-12(11)16/h2-7,19H,1H3,(H,17,18). The number of nitrogens with one attached hydrogen (secondary N) is 1. The summed E-state index contributed by atoms with van der Waals surface area (Å²) in [5.41, 5.74) is 0.905. The Kier molecular flexibility index (Phi) is 3.85. The summed E-state index contributed by atoms with van der Waals surface area (Å²) in [7, 11) is 0. The van der Waals surface area contributed by atoms with E-state index in [0.29, 0.717) is 16.1 Å². The van der Waals surface area contributed by atoms with Crippen molar-refractivity contribution in [2.75, 3.05) is 5.32 Å². The summed E-state index contributed by atoms with van der Waals surface area (Å²) in [6.07, 6.45) is 0. The summed E-state index contributed by atoms with van der Waals surface area (Å²) in [5, 5.41) is 2.54. The minimum Gasteiger partial charge on any atom is -0.322 e. The van der Waals surface area contributed by atoms with Crippen LogP contribution in [0, 0.1) is 18.6 Å². The molecule has 0 saturated heterocycles. The normalized spacial score (nSPS) is 10.3. The summed E-state index contributed by atoms with van der Waals surface area (Å²) in [5.74, 6) is -1.61. The van der Waals surface area contributed by atoms with E-state index in [9.17, 15) is 13.6 Å². The van der Waals surface area contributed by atoms with Crippen LogP contribution in [0.3, 0.4) is 0 Å². The maximum atomic E-state index is 13.5. The lowest BCUT2D eigenvalue weighted by Crippen LogP contribution is -2.14. The molecule has 0 fully saturated rings. The molecule has 98 valence electrons. The van der Waals surface area contributed by atoms with Gasteiger partial charge in [0.05, 0.1) is 5.56 Å². The Bertz CT molecular complexity index is 643. The predicted octanol–water partition coefficient (Wildman–Crippen LogP) is 3.81. The molecule has 0 radical (unpaired) electrons. The van der Waals surface area contributed by atoms with Crippen LogP contribution >= 0.6 is 12.6 Å². The van der Waals surface area contributed by atoms with Gasteiger partial charge in [-0.05, 0) is 48.9 Å². The molecule has 0 aliphatic carbocycles. The van der Waals surface area contributed by atoms with Crippen LogP contribution in [0.25, 0.3) is 0 Å². The minimum atomic E-state index is -0.630. The molecule has 5 heteroatoms. The Balaban J connectivity index is 2.28. The zero-order chi connectivity index (χ0) is 14.0. The van der Waals surface area contributed by atoms with Crippen molar-refractivity contribution in [3.8, 4) is 0 Å². The first-order valence-corrected chi connectivity index (χ1v) is 5.98. The molecule has 0 heterocycles. The highest BCUT2D eigenvalue weighted by Gasteiger charge is 2.13. The van der Waals surface area contributed by atoms with Crippen LogP contribution in [0.4, 0.5) is 14.5 Å². The van der Waals surface area contributed by atoms with Crippen LogP contribution in [0.15, 0.2) is 41.3 Å². The van der Waals surface area contributed by atoms with E-state index in [-0.39, 0.29) is 11.4 Å². The first-order valence-electron chi connectivity index (χ1n) is 5.53. The van der Waals surface area contributed by atoms with Gasteiger partial charge in [-0.25, -0.2) is 8.78 Å². The number of hydrogen-bond donors (Lipinski definition) is 2. The van der Waals surface area contributed by atoms with Gasteiger partial charge in [-0.2, -0.15) is 0 Å². The molecule has 2 aromatic carbocycles. The molecule has 2 nitrogen and oxygen atoms in total. The summed E-state index contributed by atoms with van der Waals surface area (Å²) >= 11 is 4.06. The first kappa shape index (κ1) is 13.5. The monoisotopic (exact) mass is 279 g/mol. The van der Waals surface area contributed by atoms with E-state index < -0.39 is 11.7 Å². The van der Waals surface area contributed by atoms with Crippen molar-refractivity contribution < 1.29 is 13.6 Å². The molecule has 0 aliphatic rings. The summed E-state index contributed by atoms with van der Waals surface area (Å²) in [6.45, 7) is 1.66. The van der Waals surface area contributed by atoms with Crippen molar-refractivity contribution in [2.24, 2.45) is 0 Å². The molecule has 0 aliphatic heterocycles. The van der Waals surface area contributed by atoms with Crippen molar-refractivity contribution in [3.05, 3.63) is 59.2 Å². The van der Waals surface area contributed by atoms with Crippen LogP contribution in [-0.4, -0.2) is 5.91 Å². The van der Waals surface area contributed by atoms with Crippen molar-refractivity contribution in [1.82, 2.24) is 0 Å². The third-order valence-corrected chi connectivity index (χ3v) is 2.91. The van der Waals surface area contributed by atoms with Crippen molar-refractivity contribution in [2.45, 2.75) is 11.8 Å². The van der Waals surface area contributed by atoms with Gasteiger partial charge in [-0.1, -0.05) is 0 Å². The number of carbonyl (C=O) groups is 1. The zero-order valence-electron chi connectivity index (χ0n) is 10.1. The molecular weight excluding hydrogens is 268 g/mol. The number of carbonyl (C=O) groups excluding carboxylic acids is 1. The summed E-state index contributed by atoms with van der Waals surface area (Å²) in [4.78, 5) is 12.4. The van der Waals surface area contributed by atoms with Crippen molar-refractivity contribution in [3.63, 3.8) is 0 Å². The fourth-order valence-corrected chi connectivity index (χ4v) is 1.85. The number of halogens is 2. The Hall–Kier alpha value is -1.88. The third-order valence-electron chi connectivity index (χ3n) is 2.63. The molecule has 19 heavy (non-hydrogen) atoms. The largest absolute Gasteiger partial charge is 0.322 e. The van der Waals surface area contributed by atoms with Crippen LogP contribution in [0.1, 0.15) is 15.9 Å². The zero-order valence-corrected chi connectivity index (χ0v) is 11.0. The summed E-state index contributed by atoms with van der Waals surface area (Å²) in [6, 6.07) is 7.93. The average molecular weight is 279 g/mol. The highest BCUT2D eigenvalue weighted by atomic mass is 32.1. The lowest BCUT2D eigenvalue weighted by molar-refractivity contribution is 0.102. The molecule has 0 unspecified atom stereocenters. The molecule has 0 bridgehead atoms. The van der Waals surface area contributed by atoms with Gasteiger partial charge in [0.15, 0.2) is 0 Å². The molecule has 0 saturated carbocycles. The Labute approximate surface area is 114 Å². The fraction of sp³-hybridized carbons (Fsp3) is 0.0714. The van der Waals surface area contributed by atoms with E-state index in [1.807, 2.05) is 0 Å². The van der Waals surface area contributed by atoms with E-state index in [4.69, 9.17) is 0 Å². The van der Waals surface area contributed by atoms with E-state index in [1.165, 1.54) is 36.4 Å². The predicted molar refractivity (Wildman–Crippen MR) is 72.7 cm³/mol. The number of anilines is 1. The first-order chi connectivity index (χ1) is 8.97. The quantitative estimate of drug-likeness (QED) is 0.804. The topological polar surface area (TPSA) is 29.1 Å². The van der Waals surface area contributed by atoms with E-state index in [1.54, 1.807) is 6.92 Å². The number of thiol groups is 1. The molecule has 0 spiro atoms. The maximum Gasteiger partial charge on any atom is 0.258 e.